The Labute approximate surface area is 129 Å². The molecule has 1 atom stereocenters. The molecule has 4 nitrogen and oxygen atoms in total. The molecule has 4 rings (SSSR count). The van der Waals surface area contributed by atoms with Gasteiger partial charge in [-0.25, -0.2) is 9.97 Å². The van der Waals surface area contributed by atoms with Crippen LogP contribution in [-0.4, -0.2) is 35.0 Å². The molecule has 5 heteroatoms. The zero-order chi connectivity index (χ0) is 14.4. The summed E-state index contributed by atoms with van der Waals surface area (Å²) in [5.41, 5.74) is 4.04. The van der Waals surface area contributed by atoms with Gasteiger partial charge in [0.25, 0.3) is 0 Å². The monoisotopic (exact) mass is 300 g/mol. The van der Waals surface area contributed by atoms with Crippen LogP contribution in [0.5, 0.6) is 0 Å². The summed E-state index contributed by atoms with van der Waals surface area (Å²) in [5.74, 6) is 1.15. The lowest BCUT2D eigenvalue weighted by Gasteiger charge is -2.37. The highest BCUT2D eigenvalue weighted by Gasteiger charge is 2.29. The van der Waals surface area contributed by atoms with Crippen LogP contribution in [-0.2, 0) is 19.4 Å². The summed E-state index contributed by atoms with van der Waals surface area (Å²) in [6, 6.07) is 2.68. The molecule has 0 saturated heterocycles. The summed E-state index contributed by atoms with van der Waals surface area (Å²) in [4.78, 5) is 15.5. The summed E-state index contributed by atoms with van der Waals surface area (Å²) in [5, 5.41) is 2.22. The van der Waals surface area contributed by atoms with Gasteiger partial charge in [-0.15, -0.1) is 11.3 Å². The van der Waals surface area contributed by atoms with E-state index in [9.17, 15) is 0 Å². The lowest BCUT2D eigenvalue weighted by molar-refractivity contribution is 0.309. The van der Waals surface area contributed by atoms with Gasteiger partial charge in [0.15, 0.2) is 0 Å². The Bertz CT molecular complexity index is 666. The number of thiophene rings is 1. The van der Waals surface area contributed by atoms with Crippen molar-refractivity contribution in [2.75, 3.05) is 25.0 Å². The molecule has 2 aromatic heterocycles. The van der Waals surface area contributed by atoms with E-state index in [1.807, 2.05) is 11.3 Å². The Hall–Kier alpha value is -1.46. The van der Waals surface area contributed by atoms with Crippen molar-refractivity contribution >= 4 is 17.2 Å². The van der Waals surface area contributed by atoms with Gasteiger partial charge in [0.05, 0.1) is 11.7 Å². The van der Waals surface area contributed by atoms with Crippen LogP contribution in [0.25, 0.3) is 0 Å². The highest BCUT2D eigenvalue weighted by molar-refractivity contribution is 7.10. The Kier molecular flexibility index (Phi) is 3.19. The zero-order valence-electron chi connectivity index (χ0n) is 12.5. The van der Waals surface area contributed by atoms with Gasteiger partial charge in [-0.05, 0) is 37.4 Å². The Balaban J connectivity index is 1.75. The molecule has 0 spiro atoms. The van der Waals surface area contributed by atoms with Crippen molar-refractivity contribution < 1.29 is 0 Å². The molecule has 0 unspecified atom stereocenters. The first-order valence-corrected chi connectivity index (χ1v) is 8.46. The predicted octanol–water partition coefficient (Wildman–Crippen LogP) is 2.65. The smallest absolute Gasteiger partial charge is 0.137 e. The number of anilines is 1. The van der Waals surface area contributed by atoms with E-state index in [4.69, 9.17) is 0 Å². The Morgan fingerprint density at radius 1 is 1.24 bits per heavy atom. The zero-order valence-corrected chi connectivity index (χ0v) is 13.4. The van der Waals surface area contributed by atoms with Crippen LogP contribution < -0.4 is 4.90 Å². The van der Waals surface area contributed by atoms with E-state index in [0.717, 1.165) is 38.3 Å². The van der Waals surface area contributed by atoms with Crippen LogP contribution in [0, 0.1) is 0 Å². The summed E-state index contributed by atoms with van der Waals surface area (Å²) >= 11 is 1.89. The highest BCUT2D eigenvalue weighted by Crippen LogP contribution is 2.37. The topological polar surface area (TPSA) is 32.3 Å². The molecule has 2 aliphatic heterocycles. The van der Waals surface area contributed by atoms with Gasteiger partial charge in [-0.3, -0.25) is 0 Å². The first-order chi connectivity index (χ1) is 10.2. The quantitative estimate of drug-likeness (QED) is 0.810. The third-order valence-electron chi connectivity index (χ3n) is 4.72. The van der Waals surface area contributed by atoms with Crippen LogP contribution >= 0.6 is 11.3 Å². The van der Waals surface area contributed by atoms with E-state index in [-0.39, 0.29) is 0 Å². The van der Waals surface area contributed by atoms with Gasteiger partial charge in [0, 0.05) is 36.5 Å². The van der Waals surface area contributed by atoms with Gasteiger partial charge < -0.3 is 9.80 Å². The average molecular weight is 300 g/mol. The molecular weight excluding hydrogens is 280 g/mol. The molecule has 2 aliphatic rings. The third kappa shape index (κ3) is 2.15. The van der Waals surface area contributed by atoms with E-state index in [1.165, 1.54) is 16.8 Å². The molecule has 0 saturated carbocycles. The molecule has 0 amide bonds. The molecule has 0 N–H and O–H groups in total. The second-order valence-electron chi connectivity index (χ2n) is 6.03. The maximum atomic E-state index is 4.65. The maximum absolute atomic E-state index is 4.65. The fraction of sp³-hybridized carbons (Fsp3) is 0.500. The predicted molar refractivity (Wildman–Crippen MR) is 85.9 cm³/mol. The summed E-state index contributed by atoms with van der Waals surface area (Å²) < 4.78 is 0. The van der Waals surface area contributed by atoms with Crippen LogP contribution in [0.3, 0.4) is 0 Å². The summed E-state index contributed by atoms with van der Waals surface area (Å²) in [7, 11) is 2.18. The number of nitrogens with zero attached hydrogens (tertiary/aromatic N) is 4. The normalized spacial score (nSPS) is 22.0. The molecule has 4 heterocycles. The van der Waals surface area contributed by atoms with Crippen LogP contribution in [0.2, 0.25) is 0 Å². The molecule has 0 radical (unpaired) electrons. The number of hydrogen-bond donors (Lipinski definition) is 0. The fourth-order valence-corrected chi connectivity index (χ4v) is 4.47. The lowest BCUT2D eigenvalue weighted by atomic mass is 9.99. The van der Waals surface area contributed by atoms with Crippen molar-refractivity contribution in [3.63, 3.8) is 0 Å². The van der Waals surface area contributed by atoms with Crippen LogP contribution in [0.4, 0.5) is 5.82 Å². The molecule has 0 bridgehead atoms. The van der Waals surface area contributed by atoms with Crippen molar-refractivity contribution in [2.45, 2.75) is 32.4 Å². The van der Waals surface area contributed by atoms with Crippen molar-refractivity contribution in [2.24, 2.45) is 0 Å². The van der Waals surface area contributed by atoms with Gasteiger partial charge in [-0.2, -0.15) is 0 Å². The second-order valence-corrected chi connectivity index (χ2v) is 7.03. The van der Waals surface area contributed by atoms with E-state index in [0.29, 0.717) is 6.04 Å². The molecule has 21 heavy (non-hydrogen) atoms. The van der Waals surface area contributed by atoms with E-state index < -0.39 is 0 Å². The highest BCUT2D eigenvalue weighted by atomic mass is 32.1. The minimum absolute atomic E-state index is 0.409. The molecule has 0 fully saturated rings. The Morgan fingerprint density at radius 3 is 3.05 bits per heavy atom. The first-order valence-electron chi connectivity index (χ1n) is 7.58. The van der Waals surface area contributed by atoms with Crippen LogP contribution in [0.1, 0.15) is 34.7 Å². The van der Waals surface area contributed by atoms with Crippen molar-refractivity contribution in [3.8, 4) is 0 Å². The van der Waals surface area contributed by atoms with E-state index in [1.54, 1.807) is 11.2 Å². The molecule has 0 aromatic carbocycles. The largest absolute Gasteiger partial charge is 0.349 e. The standard InChI is InChI=1S/C16H20N4S/c1-11-12-5-8-21-15(12)4-7-20(11)16-13-9-19(2)6-3-14(13)17-10-18-16/h5,8,10-11H,3-4,6-7,9H2,1-2H3/t11-/m0/s1. The molecular formula is C16H20N4S. The summed E-state index contributed by atoms with van der Waals surface area (Å²) in [6.07, 6.45) is 3.91. The van der Waals surface area contributed by atoms with Gasteiger partial charge in [-0.1, -0.05) is 0 Å². The minimum atomic E-state index is 0.409. The summed E-state index contributed by atoms with van der Waals surface area (Å²) in [6.45, 7) is 5.41. The first kappa shape index (κ1) is 13.2. The molecule has 0 aliphatic carbocycles. The SMILES string of the molecule is C[C@H]1c2ccsc2CCN1c1ncnc2c1CN(C)CC2. The lowest BCUT2D eigenvalue weighted by Crippen LogP contribution is -2.37. The number of likely N-dealkylation sites (N-methyl/N-ethyl adjacent to an activating group) is 1. The van der Waals surface area contributed by atoms with Gasteiger partial charge >= 0.3 is 0 Å². The number of fused-ring (bicyclic) bond motifs is 2. The van der Waals surface area contributed by atoms with Crippen LogP contribution in [0.15, 0.2) is 17.8 Å². The average Bonchev–Trinajstić information content (AvgIpc) is 2.97. The number of aromatic nitrogens is 2. The third-order valence-corrected chi connectivity index (χ3v) is 5.72. The molecule has 110 valence electrons. The maximum Gasteiger partial charge on any atom is 0.137 e. The molecule has 2 aromatic rings. The van der Waals surface area contributed by atoms with Gasteiger partial charge in [0.1, 0.15) is 12.1 Å². The Morgan fingerprint density at radius 2 is 2.14 bits per heavy atom. The van der Waals surface area contributed by atoms with Crippen molar-refractivity contribution in [1.29, 1.82) is 0 Å². The fourth-order valence-electron chi connectivity index (χ4n) is 3.51. The van der Waals surface area contributed by atoms with E-state index in [2.05, 4.69) is 45.2 Å². The van der Waals surface area contributed by atoms with Gasteiger partial charge in [0.2, 0.25) is 0 Å². The van der Waals surface area contributed by atoms with Crippen molar-refractivity contribution in [3.05, 3.63) is 39.5 Å². The number of hydrogen-bond acceptors (Lipinski definition) is 5. The minimum Gasteiger partial charge on any atom is -0.349 e. The van der Waals surface area contributed by atoms with E-state index >= 15 is 0 Å². The second kappa shape index (κ2) is 5.07. The number of rotatable bonds is 1. The van der Waals surface area contributed by atoms with Crippen molar-refractivity contribution in [1.82, 2.24) is 14.9 Å².